The van der Waals surface area contributed by atoms with Crippen LogP contribution in [0.25, 0.3) is 0 Å². The zero-order chi connectivity index (χ0) is 14.5. The Labute approximate surface area is 111 Å². The average molecular weight is 282 g/mol. The van der Waals surface area contributed by atoms with E-state index in [9.17, 15) is 13.2 Å². The Morgan fingerprint density at radius 2 is 2.21 bits per heavy atom. The highest BCUT2D eigenvalue weighted by molar-refractivity contribution is 7.89. The van der Waals surface area contributed by atoms with E-state index in [4.69, 9.17) is 10.4 Å². The number of nitriles is 1. The van der Waals surface area contributed by atoms with Crippen molar-refractivity contribution in [1.29, 1.82) is 5.26 Å². The summed E-state index contributed by atoms with van der Waals surface area (Å²) >= 11 is 0. The number of nitrogens with zero attached hydrogens (tertiary/aromatic N) is 1. The van der Waals surface area contributed by atoms with Crippen LogP contribution in [0.2, 0.25) is 0 Å². The van der Waals surface area contributed by atoms with Gasteiger partial charge in [-0.05, 0) is 24.6 Å². The standard InChI is InChI=1S/C12H14N2O4S/c1-9(12(15)16)5-6-14-19(17,18)11-4-2-3-10(7-11)8-13/h2-4,7,9,14H,5-6H2,1H3,(H,15,16). The summed E-state index contributed by atoms with van der Waals surface area (Å²) in [6, 6.07) is 7.49. The van der Waals surface area contributed by atoms with Gasteiger partial charge in [-0.15, -0.1) is 0 Å². The van der Waals surface area contributed by atoms with E-state index in [1.54, 1.807) is 0 Å². The lowest BCUT2D eigenvalue weighted by atomic mass is 10.1. The third kappa shape index (κ3) is 4.35. The largest absolute Gasteiger partial charge is 0.481 e. The van der Waals surface area contributed by atoms with Crippen molar-refractivity contribution >= 4 is 16.0 Å². The van der Waals surface area contributed by atoms with Crippen LogP contribution >= 0.6 is 0 Å². The minimum absolute atomic E-state index is 0.00507. The first-order valence-corrected chi connectivity index (χ1v) is 7.08. The molecule has 0 aliphatic carbocycles. The van der Waals surface area contributed by atoms with Gasteiger partial charge in [0.1, 0.15) is 0 Å². The molecule has 0 aliphatic rings. The number of aliphatic carboxylic acids is 1. The first kappa shape index (κ1) is 15.1. The van der Waals surface area contributed by atoms with Gasteiger partial charge in [0.2, 0.25) is 10.0 Å². The number of benzene rings is 1. The molecule has 0 saturated heterocycles. The van der Waals surface area contributed by atoms with Crippen molar-refractivity contribution in [3.63, 3.8) is 0 Å². The van der Waals surface area contributed by atoms with Gasteiger partial charge in [-0.2, -0.15) is 5.26 Å². The molecule has 0 radical (unpaired) electrons. The lowest BCUT2D eigenvalue weighted by Crippen LogP contribution is -2.27. The van der Waals surface area contributed by atoms with Crippen LogP contribution in [-0.2, 0) is 14.8 Å². The van der Waals surface area contributed by atoms with Gasteiger partial charge in [0, 0.05) is 6.54 Å². The molecule has 1 aromatic rings. The van der Waals surface area contributed by atoms with Gasteiger partial charge in [-0.3, -0.25) is 4.79 Å². The van der Waals surface area contributed by atoms with Crippen molar-refractivity contribution in [1.82, 2.24) is 4.72 Å². The second-order valence-corrected chi connectivity index (χ2v) is 5.83. The fraction of sp³-hybridized carbons (Fsp3) is 0.333. The van der Waals surface area contributed by atoms with Crippen molar-refractivity contribution in [3.8, 4) is 6.07 Å². The predicted molar refractivity (Wildman–Crippen MR) is 67.8 cm³/mol. The van der Waals surface area contributed by atoms with Crippen molar-refractivity contribution < 1.29 is 18.3 Å². The topological polar surface area (TPSA) is 107 Å². The molecule has 0 heterocycles. The zero-order valence-corrected chi connectivity index (χ0v) is 11.1. The summed E-state index contributed by atoms with van der Waals surface area (Å²) in [6.07, 6.45) is 0.201. The van der Waals surface area contributed by atoms with Crippen molar-refractivity contribution in [2.75, 3.05) is 6.54 Å². The smallest absolute Gasteiger partial charge is 0.306 e. The minimum atomic E-state index is -3.71. The van der Waals surface area contributed by atoms with Gasteiger partial charge in [-0.25, -0.2) is 13.1 Å². The molecule has 7 heteroatoms. The second-order valence-electron chi connectivity index (χ2n) is 4.07. The highest BCUT2D eigenvalue weighted by Crippen LogP contribution is 2.11. The van der Waals surface area contributed by atoms with Crippen molar-refractivity contribution in [2.24, 2.45) is 5.92 Å². The van der Waals surface area contributed by atoms with Crippen LogP contribution in [0.1, 0.15) is 18.9 Å². The number of carbonyl (C=O) groups is 1. The summed E-state index contributed by atoms with van der Waals surface area (Å²) in [7, 11) is -3.71. The van der Waals surface area contributed by atoms with Crippen LogP contribution in [0.5, 0.6) is 0 Å². The molecule has 1 atom stereocenters. The van der Waals surface area contributed by atoms with E-state index in [-0.39, 0.29) is 23.4 Å². The van der Waals surface area contributed by atoms with E-state index in [0.717, 1.165) is 0 Å². The average Bonchev–Trinajstić information content (AvgIpc) is 2.38. The summed E-state index contributed by atoms with van der Waals surface area (Å²) in [6.45, 7) is 1.54. The van der Waals surface area contributed by atoms with Crippen LogP contribution in [-0.4, -0.2) is 26.0 Å². The molecule has 0 bridgehead atoms. The van der Waals surface area contributed by atoms with Crippen LogP contribution in [0, 0.1) is 17.2 Å². The molecule has 0 aromatic heterocycles. The van der Waals surface area contributed by atoms with Crippen LogP contribution in [0.3, 0.4) is 0 Å². The van der Waals surface area contributed by atoms with Crippen LogP contribution in [0.15, 0.2) is 29.2 Å². The van der Waals surface area contributed by atoms with Gasteiger partial charge in [0.25, 0.3) is 0 Å². The molecule has 6 nitrogen and oxygen atoms in total. The first-order chi connectivity index (χ1) is 8.86. The Bertz CT molecular complexity index is 604. The normalized spacial score (nSPS) is 12.6. The van der Waals surface area contributed by atoms with Gasteiger partial charge in [-0.1, -0.05) is 13.0 Å². The maximum absolute atomic E-state index is 11.9. The molecule has 1 unspecified atom stereocenters. The number of hydrogen-bond donors (Lipinski definition) is 2. The molecule has 19 heavy (non-hydrogen) atoms. The van der Waals surface area contributed by atoms with Crippen molar-refractivity contribution in [2.45, 2.75) is 18.2 Å². The lowest BCUT2D eigenvalue weighted by Gasteiger charge is -2.08. The van der Waals surface area contributed by atoms with E-state index in [1.807, 2.05) is 6.07 Å². The molecule has 1 rings (SSSR count). The van der Waals surface area contributed by atoms with E-state index >= 15 is 0 Å². The number of rotatable bonds is 6. The van der Waals surface area contributed by atoms with Crippen LogP contribution < -0.4 is 4.72 Å². The Morgan fingerprint density at radius 3 is 2.79 bits per heavy atom. The fourth-order valence-electron chi connectivity index (χ4n) is 1.35. The predicted octanol–water partition coefficient (Wildman–Crippen LogP) is 0.947. The minimum Gasteiger partial charge on any atom is -0.481 e. The lowest BCUT2D eigenvalue weighted by molar-refractivity contribution is -0.141. The quantitative estimate of drug-likeness (QED) is 0.807. The van der Waals surface area contributed by atoms with Crippen molar-refractivity contribution in [3.05, 3.63) is 29.8 Å². The van der Waals surface area contributed by atoms with Gasteiger partial charge >= 0.3 is 5.97 Å². The summed E-state index contributed by atoms with van der Waals surface area (Å²) in [5, 5.41) is 17.4. The summed E-state index contributed by atoms with van der Waals surface area (Å²) in [5.41, 5.74) is 0.252. The summed E-state index contributed by atoms with van der Waals surface area (Å²) in [4.78, 5) is 10.6. The third-order valence-corrected chi connectivity index (χ3v) is 4.02. The van der Waals surface area contributed by atoms with E-state index in [0.29, 0.717) is 0 Å². The zero-order valence-electron chi connectivity index (χ0n) is 10.3. The highest BCUT2D eigenvalue weighted by Gasteiger charge is 2.16. The van der Waals surface area contributed by atoms with E-state index < -0.39 is 21.9 Å². The van der Waals surface area contributed by atoms with E-state index in [1.165, 1.54) is 31.2 Å². The maximum Gasteiger partial charge on any atom is 0.306 e. The molecule has 1 aromatic carbocycles. The number of carboxylic acid groups (broad SMARTS) is 1. The molecule has 0 amide bonds. The number of hydrogen-bond acceptors (Lipinski definition) is 4. The Hall–Kier alpha value is -1.91. The Balaban J connectivity index is 2.71. The monoisotopic (exact) mass is 282 g/mol. The second kappa shape index (κ2) is 6.31. The molecule has 0 saturated carbocycles. The molecular weight excluding hydrogens is 268 g/mol. The summed E-state index contributed by atoms with van der Waals surface area (Å²) in [5.74, 6) is -1.58. The van der Waals surface area contributed by atoms with Crippen LogP contribution in [0.4, 0.5) is 0 Å². The van der Waals surface area contributed by atoms with Gasteiger partial charge in [0.05, 0.1) is 22.4 Å². The SMILES string of the molecule is CC(CCNS(=O)(=O)c1cccc(C#N)c1)C(=O)O. The molecule has 0 aliphatic heterocycles. The fourth-order valence-corrected chi connectivity index (χ4v) is 2.44. The highest BCUT2D eigenvalue weighted by atomic mass is 32.2. The molecule has 0 spiro atoms. The Morgan fingerprint density at radius 1 is 1.53 bits per heavy atom. The third-order valence-electron chi connectivity index (χ3n) is 2.56. The molecular formula is C12H14N2O4S. The van der Waals surface area contributed by atoms with Gasteiger partial charge in [0.15, 0.2) is 0 Å². The van der Waals surface area contributed by atoms with E-state index in [2.05, 4.69) is 4.72 Å². The number of carboxylic acids is 1. The molecule has 2 N–H and O–H groups in total. The molecule has 102 valence electrons. The van der Waals surface area contributed by atoms with Gasteiger partial charge < -0.3 is 5.11 Å². The summed E-state index contributed by atoms with van der Waals surface area (Å²) < 4.78 is 26.1. The number of nitrogens with one attached hydrogen (secondary N) is 1. The number of sulfonamides is 1. The molecule has 0 fully saturated rings. The maximum atomic E-state index is 11.9. The first-order valence-electron chi connectivity index (χ1n) is 5.59. The Kier molecular flexibility index (Phi) is 5.03.